The van der Waals surface area contributed by atoms with Gasteiger partial charge in [0, 0.05) is 32.6 Å². The van der Waals surface area contributed by atoms with Gasteiger partial charge in [0.1, 0.15) is 35.4 Å². The van der Waals surface area contributed by atoms with Gasteiger partial charge in [0.25, 0.3) is 0 Å². The first-order valence-corrected chi connectivity index (χ1v) is 10.7. The number of hydrogen-bond donors (Lipinski definition) is 0. The van der Waals surface area contributed by atoms with Gasteiger partial charge >= 0.3 is 17.9 Å². The molecule has 4 rings (SSSR count). The van der Waals surface area contributed by atoms with E-state index in [1.165, 1.54) is 19.9 Å². The maximum Gasteiger partial charge on any atom is 0.338 e. The van der Waals surface area contributed by atoms with E-state index in [9.17, 15) is 19.2 Å². The number of esters is 3. The molecule has 3 aliphatic heterocycles. The van der Waals surface area contributed by atoms with Gasteiger partial charge in [0.15, 0.2) is 12.4 Å². The monoisotopic (exact) mass is 458 g/mol. The number of aldehydes is 1. The summed E-state index contributed by atoms with van der Waals surface area (Å²) >= 11 is 0. The molecule has 3 aliphatic rings. The predicted molar refractivity (Wildman–Crippen MR) is 112 cm³/mol. The van der Waals surface area contributed by atoms with Crippen LogP contribution >= 0.6 is 0 Å². The van der Waals surface area contributed by atoms with E-state index in [0.29, 0.717) is 28.9 Å². The van der Waals surface area contributed by atoms with Gasteiger partial charge < -0.3 is 23.4 Å². The van der Waals surface area contributed by atoms with Crippen molar-refractivity contribution >= 4 is 24.2 Å². The van der Waals surface area contributed by atoms with E-state index in [2.05, 4.69) is 6.58 Å². The average Bonchev–Trinajstić information content (AvgIpc) is 3.07. The fourth-order valence-electron chi connectivity index (χ4n) is 4.59. The molecule has 0 amide bonds. The van der Waals surface area contributed by atoms with Crippen LogP contribution in [0.2, 0.25) is 0 Å². The summed E-state index contributed by atoms with van der Waals surface area (Å²) in [4.78, 5) is 48.3. The molecule has 0 N–H and O–H groups in total. The predicted octanol–water partition coefficient (Wildman–Crippen LogP) is 2.78. The smallest absolute Gasteiger partial charge is 0.338 e. The molecule has 0 aliphatic carbocycles. The van der Waals surface area contributed by atoms with Crippen LogP contribution in [-0.4, -0.2) is 48.1 Å². The summed E-state index contributed by atoms with van der Waals surface area (Å²) in [5.74, 6) is -1.46. The van der Waals surface area contributed by atoms with Crippen molar-refractivity contribution in [1.29, 1.82) is 0 Å². The summed E-state index contributed by atoms with van der Waals surface area (Å²) in [6, 6.07) is 1.63. The van der Waals surface area contributed by atoms with Crippen molar-refractivity contribution in [2.24, 2.45) is 5.92 Å². The number of carbonyl (C=O) groups excluding carboxylic acids is 4. The molecule has 0 aromatic carbocycles. The molecule has 0 unspecified atom stereocenters. The Bertz CT molecular complexity index is 1060. The lowest BCUT2D eigenvalue weighted by molar-refractivity contribution is -0.151. The van der Waals surface area contributed by atoms with Crippen molar-refractivity contribution in [3.8, 4) is 0 Å². The van der Waals surface area contributed by atoms with Crippen molar-refractivity contribution < 1.29 is 42.5 Å². The first-order valence-electron chi connectivity index (χ1n) is 10.7. The van der Waals surface area contributed by atoms with Gasteiger partial charge in [0.05, 0.1) is 11.1 Å². The molecule has 0 radical (unpaired) electrons. The molecule has 1 aromatic rings. The molecule has 33 heavy (non-hydrogen) atoms. The molecule has 2 fully saturated rings. The number of rotatable bonds is 4. The first-order chi connectivity index (χ1) is 15.5. The third kappa shape index (κ3) is 4.37. The first kappa shape index (κ1) is 23.0. The molecule has 176 valence electrons. The Morgan fingerprint density at radius 3 is 2.52 bits per heavy atom. The maximum absolute atomic E-state index is 12.8. The van der Waals surface area contributed by atoms with Gasteiger partial charge in [-0.3, -0.25) is 14.4 Å². The summed E-state index contributed by atoms with van der Waals surface area (Å²) in [5.41, 5.74) is 0.351. The van der Waals surface area contributed by atoms with Gasteiger partial charge in [-0.25, -0.2) is 4.79 Å². The van der Waals surface area contributed by atoms with Crippen LogP contribution in [0.15, 0.2) is 34.3 Å². The Kier molecular flexibility index (Phi) is 5.78. The highest BCUT2D eigenvalue weighted by Crippen LogP contribution is 2.54. The summed E-state index contributed by atoms with van der Waals surface area (Å²) in [6.45, 7) is 10.1. The van der Waals surface area contributed by atoms with Crippen molar-refractivity contribution in [1.82, 2.24) is 0 Å². The SMILES string of the molecule is C=C(C)[C@H]1Cc2oc(cc2C=O)[C@H]2O[C@]2(C)C[C@@H]2OC(=O)/C(=C\[C@H]1OC(C)=O)[C@H]2OC(C)=O. The Labute approximate surface area is 190 Å². The van der Waals surface area contributed by atoms with E-state index in [4.69, 9.17) is 23.4 Å². The number of ether oxygens (including phenoxy) is 4. The molecule has 4 heterocycles. The summed E-state index contributed by atoms with van der Waals surface area (Å²) in [7, 11) is 0. The van der Waals surface area contributed by atoms with Crippen molar-refractivity contribution in [3.63, 3.8) is 0 Å². The van der Waals surface area contributed by atoms with Gasteiger partial charge in [-0.05, 0) is 26.0 Å². The van der Waals surface area contributed by atoms with E-state index in [1.54, 1.807) is 13.0 Å². The molecule has 9 nitrogen and oxygen atoms in total. The van der Waals surface area contributed by atoms with Gasteiger partial charge in [-0.2, -0.15) is 0 Å². The molecular weight excluding hydrogens is 432 g/mol. The molecule has 2 saturated heterocycles. The van der Waals surface area contributed by atoms with E-state index < -0.39 is 53.8 Å². The van der Waals surface area contributed by atoms with Crippen LogP contribution in [0.4, 0.5) is 0 Å². The fraction of sp³-hybridized carbons (Fsp3) is 0.500. The number of fused-ring (bicyclic) bond motifs is 6. The fourth-order valence-corrected chi connectivity index (χ4v) is 4.59. The van der Waals surface area contributed by atoms with Crippen LogP contribution in [0.3, 0.4) is 0 Å². The van der Waals surface area contributed by atoms with Crippen LogP contribution < -0.4 is 0 Å². The third-order valence-electron chi connectivity index (χ3n) is 6.25. The maximum atomic E-state index is 12.8. The van der Waals surface area contributed by atoms with Crippen LogP contribution in [0.25, 0.3) is 0 Å². The Hall–Kier alpha value is -3.20. The lowest BCUT2D eigenvalue weighted by atomic mass is 9.87. The quantitative estimate of drug-likeness (QED) is 0.220. The summed E-state index contributed by atoms with van der Waals surface area (Å²) in [5, 5.41) is 0. The molecule has 9 heteroatoms. The third-order valence-corrected chi connectivity index (χ3v) is 6.25. The summed E-state index contributed by atoms with van der Waals surface area (Å²) < 4.78 is 28.5. The zero-order valence-corrected chi connectivity index (χ0v) is 18.9. The lowest BCUT2D eigenvalue weighted by Crippen LogP contribution is -2.33. The zero-order valence-electron chi connectivity index (χ0n) is 18.9. The molecule has 0 spiro atoms. The van der Waals surface area contributed by atoms with Gasteiger partial charge in [0.2, 0.25) is 0 Å². The highest BCUT2D eigenvalue weighted by atomic mass is 16.6. The van der Waals surface area contributed by atoms with Crippen LogP contribution in [0.5, 0.6) is 0 Å². The minimum absolute atomic E-state index is 0.0858. The topological polar surface area (TPSA) is 122 Å². The van der Waals surface area contributed by atoms with Gasteiger partial charge in [-0.15, -0.1) is 0 Å². The highest BCUT2D eigenvalue weighted by molar-refractivity contribution is 5.93. The largest absolute Gasteiger partial charge is 0.462 e. The molecular formula is C24H26O9. The zero-order chi connectivity index (χ0) is 24.1. The molecule has 1 aromatic heterocycles. The normalized spacial score (nSPS) is 34.2. The Morgan fingerprint density at radius 2 is 1.91 bits per heavy atom. The van der Waals surface area contributed by atoms with E-state index in [-0.39, 0.29) is 18.4 Å². The van der Waals surface area contributed by atoms with Crippen LogP contribution in [0.1, 0.15) is 62.1 Å². The molecule has 6 atom stereocenters. The summed E-state index contributed by atoms with van der Waals surface area (Å²) in [6.07, 6.45) is -0.610. The minimum Gasteiger partial charge on any atom is -0.462 e. The molecule has 0 saturated carbocycles. The highest BCUT2D eigenvalue weighted by Gasteiger charge is 2.59. The van der Waals surface area contributed by atoms with E-state index >= 15 is 0 Å². The second-order valence-corrected chi connectivity index (χ2v) is 8.99. The number of furan rings is 1. The van der Waals surface area contributed by atoms with E-state index in [0.717, 1.165) is 0 Å². The van der Waals surface area contributed by atoms with Crippen molar-refractivity contribution in [2.45, 2.75) is 70.6 Å². The lowest BCUT2D eigenvalue weighted by Gasteiger charge is -2.25. The second-order valence-electron chi connectivity index (χ2n) is 8.99. The van der Waals surface area contributed by atoms with E-state index in [1.807, 2.05) is 6.92 Å². The van der Waals surface area contributed by atoms with Crippen LogP contribution in [-0.2, 0) is 39.8 Å². The number of hydrogen-bond acceptors (Lipinski definition) is 9. The standard InChI is InChI=1S/C24H26O9/c1-11(2)15-7-17-14(10-25)6-19(31-17)22-24(5,33-22)9-20-21(30-13(4)27)16(23(28)32-20)8-18(15)29-12(3)26/h6,8,10,15,18,20-22H,1,7,9H2,2-5H3/b16-8-/t15-,18-,20+,21-,22-,24-/m1/s1. The van der Waals surface area contributed by atoms with Crippen molar-refractivity contribution in [2.75, 3.05) is 0 Å². The number of epoxide rings is 1. The van der Waals surface area contributed by atoms with Crippen LogP contribution in [0, 0.1) is 5.92 Å². The molecule has 4 bridgehead atoms. The average molecular weight is 458 g/mol. The minimum atomic E-state index is -0.988. The van der Waals surface area contributed by atoms with Crippen molar-refractivity contribution in [3.05, 3.63) is 47.0 Å². The Balaban J connectivity index is 1.86. The number of carbonyl (C=O) groups is 4. The second kappa shape index (κ2) is 8.30. The Morgan fingerprint density at radius 1 is 1.21 bits per heavy atom. The van der Waals surface area contributed by atoms with Gasteiger partial charge in [-0.1, -0.05) is 12.2 Å².